The molecule has 0 fully saturated rings. The molecule has 3 heteroatoms. The summed E-state index contributed by atoms with van der Waals surface area (Å²) in [5.74, 6) is -0.951. The van der Waals surface area contributed by atoms with E-state index in [9.17, 15) is 9.59 Å². The Kier molecular flexibility index (Phi) is 4.65. The van der Waals surface area contributed by atoms with Crippen molar-refractivity contribution in [2.75, 3.05) is 0 Å². The third-order valence-corrected chi connectivity index (χ3v) is 3.20. The van der Waals surface area contributed by atoms with Gasteiger partial charge in [-0.3, -0.25) is 9.59 Å². The first-order valence-corrected chi connectivity index (χ1v) is 6.14. The third-order valence-electron chi connectivity index (χ3n) is 3.20. The zero-order valence-electron chi connectivity index (χ0n) is 11.4. The lowest BCUT2D eigenvalue weighted by molar-refractivity contribution is -0.137. The van der Waals surface area contributed by atoms with Crippen molar-refractivity contribution in [2.24, 2.45) is 5.92 Å². The normalized spacial score (nSPS) is 12.2. The number of carbonyl (C=O) groups is 2. The molecule has 0 amide bonds. The Balaban J connectivity index is 2.85. The van der Waals surface area contributed by atoms with Gasteiger partial charge < -0.3 is 5.11 Å². The quantitative estimate of drug-likeness (QED) is 0.813. The lowest BCUT2D eigenvalue weighted by Gasteiger charge is -2.11. The zero-order chi connectivity index (χ0) is 13.9. The van der Waals surface area contributed by atoms with Crippen LogP contribution < -0.4 is 0 Å². The Bertz CT molecular complexity index is 475. The topological polar surface area (TPSA) is 54.4 Å². The molecule has 1 rings (SSSR count). The van der Waals surface area contributed by atoms with Crippen molar-refractivity contribution in [3.63, 3.8) is 0 Å². The molecule has 0 heterocycles. The van der Waals surface area contributed by atoms with Gasteiger partial charge in [0.15, 0.2) is 5.78 Å². The van der Waals surface area contributed by atoms with E-state index in [-0.39, 0.29) is 24.5 Å². The van der Waals surface area contributed by atoms with Crippen LogP contribution in [0.15, 0.2) is 12.1 Å². The summed E-state index contributed by atoms with van der Waals surface area (Å²) in [5.41, 5.74) is 3.94. The van der Waals surface area contributed by atoms with Gasteiger partial charge in [0, 0.05) is 18.4 Å². The van der Waals surface area contributed by atoms with Gasteiger partial charge in [-0.25, -0.2) is 0 Å². The molecule has 1 aromatic rings. The monoisotopic (exact) mass is 248 g/mol. The van der Waals surface area contributed by atoms with Gasteiger partial charge in [0.2, 0.25) is 0 Å². The minimum Gasteiger partial charge on any atom is -0.481 e. The van der Waals surface area contributed by atoms with Crippen molar-refractivity contribution < 1.29 is 14.7 Å². The van der Waals surface area contributed by atoms with Gasteiger partial charge in [-0.05, 0) is 49.4 Å². The molecule has 1 atom stereocenters. The van der Waals surface area contributed by atoms with Gasteiger partial charge >= 0.3 is 5.97 Å². The minimum absolute atomic E-state index is 0.0318. The number of rotatable bonds is 5. The molecular weight excluding hydrogens is 228 g/mol. The number of carboxylic acid groups (broad SMARTS) is 1. The summed E-state index contributed by atoms with van der Waals surface area (Å²) in [6.45, 7) is 7.71. The van der Waals surface area contributed by atoms with Crippen LogP contribution in [0.25, 0.3) is 0 Å². The lowest BCUT2D eigenvalue weighted by Crippen LogP contribution is -2.11. The summed E-state index contributed by atoms with van der Waals surface area (Å²) >= 11 is 0. The first-order chi connectivity index (χ1) is 8.31. The highest BCUT2D eigenvalue weighted by Crippen LogP contribution is 2.19. The molecule has 98 valence electrons. The van der Waals surface area contributed by atoms with E-state index >= 15 is 0 Å². The fourth-order valence-corrected chi connectivity index (χ4v) is 2.06. The Labute approximate surface area is 108 Å². The first-order valence-electron chi connectivity index (χ1n) is 6.14. The second-order valence-electron chi connectivity index (χ2n) is 5.08. The number of Topliss-reactive ketones (excluding diaryl/α,β-unsaturated/α-hetero) is 1. The maximum Gasteiger partial charge on any atom is 0.303 e. The number of carboxylic acids is 1. The van der Waals surface area contributed by atoms with E-state index in [0.717, 1.165) is 16.7 Å². The van der Waals surface area contributed by atoms with Gasteiger partial charge in [0.25, 0.3) is 0 Å². The van der Waals surface area contributed by atoms with Gasteiger partial charge in [-0.1, -0.05) is 13.0 Å². The van der Waals surface area contributed by atoms with Crippen molar-refractivity contribution in [1.82, 2.24) is 0 Å². The van der Waals surface area contributed by atoms with Gasteiger partial charge in [-0.15, -0.1) is 0 Å². The predicted molar refractivity (Wildman–Crippen MR) is 71.0 cm³/mol. The summed E-state index contributed by atoms with van der Waals surface area (Å²) < 4.78 is 0. The highest BCUT2D eigenvalue weighted by molar-refractivity contribution is 5.98. The van der Waals surface area contributed by atoms with E-state index < -0.39 is 5.97 Å². The number of ketones is 1. The van der Waals surface area contributed by atoms with Crippen LogP contribution in [0.2, 0.25) is 0 Å². The van der Waals surface area contributed by atoms with Crippen molar-refractivity contribution in [2.45, 2.75) is 40.5 Å². The first kappa shape index (κ1) is 14.4. The smallest absolute Gasteiger partial charge is 0.303 e. The number of hydrogen-bond acceptors (Lipinski definition) is 2. The summed E-state index contributed by atoms with van der Waals surface area (Å²) in [6.07, 6.45) is 0.325. The van der Waals surface area contributed by atoms with Crippen molar-refractivity contribution in [1.29, 1.82) is 0 Å². The van der Waals surface area contributed by atoms with Crippen LogP contribution in [0.1, 0.15) is 46.8 Å². The van der Waals surface area contributed by atoms with E-state index in [2.05, 4.69) is 0 Å². The molecule has 0 spiro atoms. The van der Waals surface area contributed by atoms with Crippen LogP contribution in [0.4, 0.5) is 0 Å². The predicted octanol–water partition coefficient (Wildman–Crippen LogP) is 3.30. The molecule has 0 unspecified atom stereocenters. The maximum atomic E-state index is 12.1. The molecule has 0 saturated heterocycles. The van der Waals surface area contributed by atoms with Crippen molar-refractivity contribution in [3.05, 3.63) is 34.4 Å². The number of carbonyl (C=O) groups excluding carboxylic acids is 1. The molecular formula is C15H20O3. The minimum atomic E-state index is -0.855. The largest absolute Gasteiger partial charge is 0.481 e. The van der Waals surface area contributed by atoms with Gasteiger partial charge in [0.05, 0.1) is 0 Å². The third kappa shape index (κ3) is 3.69. The molecule has 0 aromatic heterocycles. The van der Waals surface area contributed by atoms with Gasteiger partial charge in [0.1, 0.15) is 0 Å². The fraction of sp³-hybridized carbons (Fsp3) is 0.467. The summed E-state index contributed by atoms with van der Waals surface area (Å²) in [5, 5.41) is 8.69. The molecule has 0 bridgehead atoms. The average Bonchev–Trinajstić information content (AvgIpc) is 2.21. The zero-order valence-corrected chi connectivity index (χ0v) is 11.4. The number of hydrogen-bond donors (Lipinski definition) is 1. The highest BCUT2D eigenvalue weighted by atomic mass is 16.4. The molecule has 3 nitrogen and oxygen atoms in total. The highest BCUT2D eigenvalue weighted by Gasteiger charge is 2.16. The van der Waals surface area contributed by atoms with Gasteiger partial charge in [-0.2, -0.15) is 0 Å². The van der Waals surface area contributed by atoms with E-state index in [0.29, 0.717) is 0 Å². The molecule has 0 aliphatic rings. The molecule has 1 aromatic carbocycles. The Morgan fingerprint density at radius 2 is 1.61 bits per heavy atom. The number of aliphatic carboxylic acids is 1. The lowest BCUT2D eigenvalue weighted by atomic mass is 9.92. The Morgan fingerprint density at radius 1 is 1.06 bits per heavy atom. The van der Waals surface area contributed by atoms with E-state index in [1.165, 1.54) is 5.56 Å². The fourth-order valence-electron chi connectivity index (χ4n) is 2.06. The SMILES string of the molecule is Cc1cc(C)c(C(=O)C[C@H](C)CC(=O)O)cc1C. The van der Waals surface area contributed by atoms with Crippen LogP contribution in [0.5, 0.6) is 0 Å². The van der Waals surface area contributed by atoms with Crippen LogP contribution in [-0.2, 0) is 4.79 Å². The van der Waals surface area contributed by atoms with Crippen LogP contribution >= 0.6 is 0 Å². The van der Waals surface area contributed by atoms with Crippen molar-refractivity contribution >= 4 is 11.8 Å². The Morgan fingerprint density at radius 3 is 2.17 bits per heavy atom. The Hall–Kier alpha value is -1.64. The summed E-state index contributed by atoms with van der Waals surface area (Å²) in [7, 11) is 0. The van der Waals surface area contributed by atoms with E-state index in [1.807, 2.05) is 32.9 Å². The molecule has 1 N–H and O–H groups in total. The van der Waals surface area contributed by atoms with Crippen LogP contribution in [0.3, 0.4) is 0 Å². The molecule has 0 saturated carbocycles. The van der Waals surface area contributed by atoms with E-state index in [1.54, 1.807) is 6.92 Å². The average molecular weight is 248 g/mol. The number of benzene rings is 1. The van der Waals surface area contributed by atoms with E-state index in [4.69, 9.17) is 5.11 Å². The molecule has 0 radical (unpaired) electrons. The molecule has 0 aliphatic heterocycles. The second-order valence-corrected chi connectivity index (χ2v) is 5.08. The number of aryl methyl sites for hydroxylation is 3. The summed E-state index contributed by atoms with van der Waals surface area (Å²) in [4.78, 5) is 22.7. The second kappa shape index (κ2) is 5.80. The van der Waals surface area contributed by atoms with Crippen molar-refractivity contribution in [3.8, 4) is 0 Å². The molecule has 0 aliphatic carbocycles. The maximum absolute atomic E-state index is 12.1. The van der Waals surface area contributed by atoms with Crippen LogP contribution in [0, 0.1) is 26.7 Å². The molecule has 18 heavy (non-hydrogen) atoms. The van der Waals surface area contributed by atoms with Crippen LogP contribution in [-0.4, -0.2) is 16.9 Å². The standard InChI is InChI=1S/C15H20O3/c1-9(6-15(17)18)5-14(16)13-8-11(3)10(2)7-12(13)4/h7-9H,5-6H2,1-4H3,(H,17,18)/t9-/m0/s1. The summed E-state index contributed by atoms with van der Waals surface area (Å²) in [6, 6.07) is 3.91.